The van der Waals surface area contributed by atoms with E-state index in [-0.39, 0.29) is 30.3 Å². The van der Waals surface area contributed by atoms with Crippen LogP contribution < -0.4 is 10.5 Å². The average molecular weight is 354 g/mol. The molecular weight excluding hydrogens is 330 g/mol. The highest BCUT2D eigenvalue weighted by atomic mass is 35.5. The van der Waals surface area contributed by atoms with Crippen molar-refractivity contribution in [3.8, 4) is 5.75 Å². The van der Waals surface area contributed by atoms with Gasteiger partial charge in [0.2, 0.25) is 11.8 Å². The summed E-state index contributed by atoms with van der Waals surface area (Å²) in [6.45, 7) is 1.43. The first-order chi connectivity index (χ1) is 11.3. The van der Waals surface area contributed by atoms with Crippen LogP contribution in [0.3, 0.4) is 0 Å². The van der Waals surface area contributed by atoms with Crippen molar-refractivity contribution in [3.63, 3.8) is 0 Å². The van der Waals surface area contributed by atoms with E-state index < -0.39 is 0 Å². The van der Waals surface area contributed by atoms with Gasteiger partial charge in [-0.3, -0.25) is 9.59 Å². The number of halogens is 1. The lowest BCUT2D eigenvalue weighted by Crippen LogP contribution is -2.50. The molecule has 0 aromatic heterocycles. The number of likely N-dealkylation sites (tertiary alicyclic amines) is 1. The number of hydrogen-bond donors (Lipinski definition) is 1. The van der Waals surface area contributed by atoms with E-state index in [2.05, 4.69) is 0 Å². The van der Waals surface area contributed by atoms with E-state index in [0.717, 1.165) is 0 Å². The molecule has 1 aliphatic rings. The quantitative estimate of drug-likeness (QED) is 0.838. The summed E-state index contributed by atoms with van der Waals surface area (Å²) in [5.41, 5.74) is 5.38. The predicted molar refractivity (Wildman–Crippen MR) is 92.9 cm³/mol. The molecule has 0 unspecified atom stereocenters. The fraction of sp³-hybridized carbons (Fsp3) is 0.529. The van der Waals surface area contributed by atoms with Crippen LogP contribution in [0.25, 0.3) is 0 Å². The zero-order valence-corrected chi connectivity index (χ0v) is 14.8. The van der Waals surface area contributed by atoms with Crippen LogP contribution in [-0.2, 0) is 9.59 Å². The maximum Gasteiger partial charge on any atom is 0.236 e. The number of carbonyl (C=O) groups excluding carboxylic acids is 2. The maximum absolute atomic E-state index is 12.3. The van der Waals surface area contributed by atoms with Crippen molar-refractivity contribution in [1.29, 1.82) is 0 Å². The molecule has 0 bridgehead atoms. The molecule has 2 N–H and O–H groups in total. The molecule has 0 aliphatic carbocycles. The first-order valence-corrected chi connectivity index (χ1v) is 8.36. The molecule has 2 atom stereocenters. The minimum atomic E-state index is -0.387. The number of piperidine rings is 1. The maximum atomic E-state index is 12.3. The summed E-state index contributed by atoms with van der Waals surface area (Å²) in [4.78, 5) is 27.3. The molecule has 1 heterocycles. The van der Waals surface area contributed by atoms with Gasteiger partial charge in [-0.15, -0.1) is 0 Å². The van der Waals surface area contributed by atoms with E-state index in [1.807, 2.05) is 31.1 Å². The number of carbonyl (C=O) groups is 2. The number of benzene rings is 1. The second kappa shape index (κ2) is 8.35. The number of hydrogen-bond acceptors (Lipinski definition) is 4. The monoisotopic (exact) mass is 353 g/mol. The van der Waals surface area contributed by atoms with Crippen LogP contribution >= 0.6 is 11.6 Å². The Morgan fingerprint density at radius 1 is 1.42 bits per heavy atom. The molecule has 1 aromatic carbocycles. The summed E-state index contributed by atoms with van der Waals surface area (Å²) in [7, 11) is 3.71. The molecule has 0 radical (unpaired) electrons. The molecule has 2 rings (SSSR count). The van der Waals surface area contributed by atoms with Gasteiger partial charge in [0.15, 0.2) is 0 Å². The summed E-state index contributed by atoms with van der Waals surface area (Å²) in [5.74, 6) is 0.202. The third-order valence-electron chi connectivity index (χ3n) is 4.02. The van der Waals surface area contributed by atoms with Crippen LogP contribution in [0.5, 0.6) is 5.75 Å². The number of ether oxygens (including phenoxy) is 1. The average Bonchev–Trinajstić information content (AvgIpc) is 2.47. The predicted octanol–water partition coefficient (Wildman–Crippen LogP) is 1.37. The number of likely N-dealkylation sites (N-methyl/N-ethyl adjacent to an activating group) is 1. The second-order valence-corrected chi connectivity index (χ2v) is 6.85. The van der Waals surface area contributed by atoms with Gasteiger partial charge in [0.05, 0.1) is 6.54 Å². The van der Waals surface area contributed by atoms with Crippen LogP contribution in [0.2, 0.25) is 5.02 Å². The van der Waals surface area contributed by atoms with Gasteiger partial charge in [-0.25, -0.2) is 0 Å². The zero-order valence-electron chi connectivity index (χ0n) is 14.1. The number of primary amides is 1. The molecule has 132 valence electrons. The first kappa shape index (κ1) is 18.5. The van der Waals surface area contributed by atoms with Gasteiger partial charge in [-0.1, -0.05) is 17.7 Å². The van der Waals surface area contributed by atoms with E-state index in [9.17, 15) is 9.59 Å². The smallest absolute Gasteiger partial charge is 0.236 e. The highest BCUT2D eigenvalue weighted by molar-refractivity contribution is 6.30. The Balaban J connectivity index is 2.05. The van der Waals surface area contributed by atoms with Gasteiger partial charge in [-0.05, 0) is 32.3 Å². The van der Waals surface area contributed by atoms with E-state index >= 15 is 0 Å². The molecule has 7 heteroatoms. The molecule has 6 nitrogen and oxygen atoms in total. The number of amides is 2. The lowest BCUT2D eigenvalue weighted by Gasteiger charge is -2.38. The summed E-state index contributed by atoms with van der Waals surface area (Å²) in [5, 5.41) is 0.595. The summed E-state index contributed by atoms with van der Waals surface area (Å²) in [6, 6.07) is 7.16. The third-order valence-corrected chi connectivity index (χ3v) is 4.25. The van der Waals surface area contributed by atoms with Crippen molar-refractivity contribution in [2.75, 3.05) is 33.7 Å². The largest absolute Gasteiger partial charge is 0.490 e. The van der Waals surface area contributed by atoms with Crippen LogP contribution in [0, 0.1) is 5.92 Å². The van der Waals surface area contributed by atoms with Gasteiger partial charge in [0.25, 0.3) is 0 Å². The van der Waals surface area contributed by atoms with Crippen molar-refractivity contribution in [3.05, 3.63) is 29.3 Å². The van der Waals surface area contributed by atoms with E-state index in [0.29, 0.717) is 36.8 Å². The Morgan fingerprint density at radius 3 is 2.79 bits per heavy atom. The van der Waals surface area contributed by atoms with E-state index in [1.165, 1.54) is 0 Å². The van der Waals surface area contributed by atoms with Crippen molar-refractivity contribution in [1.82, 2.24) is 9.80 Å². The number of nitrogens with zero attached hydrogens (tertiary/aromatic N) is 2. The Kier molecular flexibility index (Phi) is 6.45. The number of nitrogens with two attached hydrogens (primary N) is 1. The Morgan fingerprint density at radius 2 is 2.17 bits per heavy atom. The second-order valence-electron chi connectivity index (χ2n) is 6.41. The minimum Gasteiger partial charge on any atom is -0.490 e. The lowest BCUT2D eigenvalue weighted by atomic mass is 9.91. The summed E-state index contributed by atoms with van der Waals surface area (Å²) >= 11 is 5.98. The van der Waals surface area contributed by atoms with Crippen LogP contribution in [0.1, 0.15) is 12.8 Å². The van der Waals surface area contributed by atoms with Gasteiger partial charge < -0.3 is 20.3 Å². The zero-order chi connectivity index (χ0) is 17.7. The van der Waals surface area contributed by atoms with Crippen molar-refractivity contribution in [2.24, 2.45) is 11.7 Å². The molecular formula is C17H24ClN3O3. The fourth-order valence-corrected chi connectivity index (χ4v) is 3.11. The molecule has 1 saturated heterocycles. The van der Waals surface area contributed by atoms with Crippen molar-refractivity contribution >= 4 is 23.4 Å². The SMILES string of the molecule is CN(C)CC(=O)N1CC[C@H](Oc2cccc(Cl)c2)[C@@H](CC(N)=O)C1. The third kappa shape index (κ3) is 5.39. The van der Waals surface area contributed by atoms with Gasteiger partial charge in [0.1, 0.15) is 11.9 Å². The highest BCUT2D eigenvalue weighted by Gasteiger charge is 2.34. The van der Waals surface area contributed by atoms with Gasteiger partial charge in [0, 0.05) is 36.9 Å². The fourth-order valence-electron chi connectivity index (χ4n) is 2.93. The topological polar surface area (TPSA) is 75.9 Å². The number of rotatable bonds is 6. The normalized spacial score (nSPS) is 20.9. The Labute approximate surface area is 147 Å². The van der Waals surface area contributed by atoms with E-state index in [1.54, 1.807) is 17.0 Å². The Bertz CT molecular complexity index is 594. The molecule has 1 aliphatic heterocycles. The molecule has 0 spiro atoms. The molecule has 0 saturated carbocycles. The lowest BCUT2D eigenvalue weighted by molar-refractivity contribution is -0.136. The summed E-state index contributed by atoms with van der Waals surface area (Å²) < 4.78 is 6.02. The van der Waals surface area contributed by atoms with E-state index in [4.69, 9.17) is 22.1 Å². The van der Waals surface area contributed by atoms with Gasteiger partial charge >= 0.3 is 0 Å². The molecule has 2 amide bonds. The minimum absolute atomic E-state index is 0.0516. The standard InChI is InChI=1S/C17H24ClN3O3/c1-20(2)11-17(23)21-7-6-15(12(10-21)8-16(19)22)24-14-5-3-4-13(18)9-14/h3-5,9,12,15H,6-8,10-11H2,1-2H3,(H2,19,22)/t12-,15-/m0/s1. The summed E-state index contributed by atoms with van der Waals surface area (Å²) in [6.07, 6.45) is 0.681. The Hall–Kier alpha value is -1.79. The van der Waals surface area contributed by atoms with Crippen molar-refractivity contribution < 1.29 is 14.3 Å². The molecule has 1 aromatic rings. The van der Waals surface area contributed by atoms with Crippen molar-refractivity contribution in [2.45, 2.75) is 18.9 Å². The van der Waals surface area contributed by atoms with Gasteiger partial charge in [-0.2, -0.15) is 0 Å². The van der Waals surface area contributed by atoms with Crippen LogP contribution in [0.4, 0.5) is 0 Å². The van der Waals surface area contributed by atoms with Crippen LogP contribution in [0.15, 0.2) is 24.3 Å². The molecule has 1 fully saturated rings. The molecule has 24 heavy (non-hydrogen) atoms. The first-order valence-electron chi connectivity index (χ1n) is 7.98. The highest BCUT2D eigenvalue weighted by Crippen LogP contribution is 2.27. The van der Waals surface area contributed by atoms with Crippen LogP contribution in [-0.4, -0.2) is 61.4 Å².